The Morgan fingerprint density at radius 1 is 1.28 bits per heavy atom. The molecular weight excluding hydrogens is 340 g/mol. The smallest absolute Gasteiger partial charge is 0.299 e. The monoisotopic (exact) mass is 373 g/mol. The highest BCUT2D eigenvalue weighted by Gasteiger charge is 2.58. The van der Waals surface area contributed by atoms with Gasteiger partial charge in [0, 0.05) is 17.3 Å². The molecule has 25 heavy (non-hydrogen) atoms. The molecule has 6 heteroatoms. The highest BCUT2D eigenvalue weighted by atomic mass is 32.3. The van der Waals surface area contributed by atoms with E-state index < -0.39 is 34.6 Å². The van der Waals surface area contributed by atoms with Crippen LogP contribution in [0, 0.1) is 28.6 Å². The van der Waals surface area contributed by atoms with Gasteiger partial charge in [0.1, 0.15) is 5.78 Å². The summed E-state index contributed by atoms with van der Waals surface area (Å²) in [5.41, 5.74) is -1.17. The van der Waals surface area contributed by atoms with Gasteiger partial charge in [-0.15, -0.1) is 0 Å². The lowest BCUT2D eigenvalue weighted by Crippen LogP contribution is -2.50. The van der Waals surface area contributed by atoms with Gasteiger partial charge in [-0.3, -0.25) is 9.35 Å². The van der Waals surface area contributed by atoms with Crippen LogP contribution in [0.2, 0.25) is 0 Å². The average Bonchev–Trinajstić information content (AvgIpc) is 2.87. The molecule has 3 fully saturated rings. The third kappa shape index (κ3) is 2.72. The second-order valence-electron chi connectivity index (χ2n) is 8.38. The molecule has 4 aliphatic rings. The number of hydrogen-bond acceptors (Lipinski definition) is 4. The lowest BCUT2D eigenvalue weighted by Gasteiger charge is -2.56. The minimum Gasteiger partial charge on any atom is -0.299 e. The van der Waals surface area contributed by atoms with E-state index in [0.717, 1.165) is 6.42 Å². The van der Waals surface area contributed by atoms with Gasteiger partial charge in [-0.05, 0) is 68.0 Å². The Labute approximate surface area is 157 Å². The van der Waals surface area contributed by atoms with E-state index in [1.165, 1.54) is 0 Å². The molecule has 0 heterocycles. The van der Waals surface area contributed by atoms with E-state index in [4.69, 9.17) is 11.4 Å². The second-order valence-corrected chi connectivity index (χ2v) is 9.41. The van der Waals surface area contributed by atoms with Gasteiger partial charge in [-0.1, -0.05) is 25.5 Å². The molecule has 0 spiro atoms. The van der Waals surface area contributed by atoms with Crippen LogP contribution < -0.4 is 0 Å². The zero-order valence-electron chi connectivity index (χ0n) is 19.5. The summed E-state index contributed by atoms with van der Waals surface area (Å²) in [6.07, 6.45) is -4.13. The molecule has 3 saturated carbocycles. The summed E-state index contributed by atoms with van der Waals surface area (Å²) in [4.78, 5) is 12.5. The number of carbonyl (C=O) groups is 1. The summed E-state index contributed by atoms with van der Waals surface area (Å²) in [5.74, 6) is 0.456. The summed E-state index contributed by atoms with van der Waals surface area (Å²) in [7, 11) is -5.26. The quantitative estimate of drug-likeness (QED) is 0.589. The second kappa shape index (κ2) is 5.64. The highest BCUT2D eigenvalue weighted by molar-refractivity contribution is 7.80. The van der Waals surface area contributed by atoms with Gasteiger partial charge >= 0.3 is 10.4 Å². The fourth-order valence-corrected chi connectivity index (χ4v) is 6.18. The number of allylic oxidation sites excluding steroid dienone is 1. The van der Waals surface area contributed by atoms with Crippen molar-refractivity contribution in [3.05, 3.63) is 11.6 Å². The van der Waals surface area contributed by atoms with Gasteiger partial charge in [0.15, 0.2) is 0 Å². The predicted octanol–water partition coefficient (Wildman–Crippen LogP) is 3.71. The molecule has 0 amide bonds. The van der Waals surface area contributed by atoms with Crippen LogP contribution in [0.1, 0.15) is 72.0 Å². The number of hydrogen-bond donors (Lipinski definition) is 1. The first-order valence-corrected chi connectivity index (χ1v) is 10.3. The Kier molecular flexibility index (Phi) is 2.85. The normalized spacial score (nSPS) is 56.8. The SMILES string of the molecule is [2H]C1([2H])C[C@@]2(C)C(=CC[C@@H]3[C@@H]2CC[C@]2(C)C(=O)CC[C@@H]32)C([2H])([2H])[C@@]1([2H])OS(=O)(=O)O. The summed E-state index contributed by atoms with van der Waals surface area (Å²) >= 11 is 0. The van der Waals surface area contributed by atoms with Crippen molar-refractivity contribution in [1.82, 2.24) is 0 Å². The molecule has 0 saturated heterocycles. The van der Waals surface area contributed by atoms with Crippen LogP contribution in [0.5, 0.6) is 0 Å². The van der Waals surface area contributed by atoms with Crippen LogP contribution in [0.3, 0.4) is 0 Å². The number of carbonyl (C=O) groups excluding carboxylic acids is 1. The fraction of sp³-hybridized carbons (Fsp3) is 0.842. The van der Waals surface area contributed by atoms with E-state index >= 15 is 0 Å². The van der Waals surface area contributed by atoms with Crippen LogP contribution in [-0.4, -0.2) is 24.8 Å². The molecular formula is C19H28O5S. The number of fused-ring (bicyclic) bond motifs is 5. The lowest BCUT2D eigenvalue weighted by molar-refractivity contribution is -0.131. The Hall–Kier alpha value is -0.720. The average molecular weight is 374 g/mol. The number of Topliss-reactive ketones (excluding diaryl/α,β-unsaturated/α-hetero) is 1. The predicted molar refractivity (Wildman–Crippen MR) is 93.1 cm³/mol. The van der Waals surface area contributed by atoms with E-state index in [-0.39, 0.29) is 40.9 Å². The molecule has 1 N–H and O–H groups in total. The van der Waals surface area contributed by atoms with Gasteiger partial charge in [-0.2, -0.15) is 8.42 Å². The van der Waals surface area contributed by atoms with Crippen molar-refractivity contribution < 1.29 is 28.8 Å². The number of ketones is 1. The molecule has 0 aromatic heterocycles. The van der Waals surface area contributed by atoms with E-state index in [1.807, 2.05) is 6.92 Å². The zero-order valence-corrected chi connectivity index (χ0v) is 15.4. The summed E-state index contributed by atoms with van der Waals surface area (Å²) in [6, 6.07) is 0. The zero-order chi connectivity index (χ0) is 22.5. The fourth-order valence-electron chi connectivity index (χ4n) is 5.87. The summed E-state index contributed by atoms with van der Waals surface area (Å²) in [6.45, 7) is 3.80. The van der Waals surface area contributed by atoms with Gasteiger partial charge in [0.05, 0.1) is 7.45 Å². The third-order valence-electron chi connectivity index (χ3n) is 7.23. The Bertz CT molecular complexity index is 934. The molecule has 6 atom stereocenters. The van der Waals surface area contributed by atoms with Crippen LogP contribution in [-0.2, 0) is 19.4 Å². The van der Waals surface area contributed by atoms with Crippen molar-refractivity contribution in [3.63, 3.8) is 0 Å². The maximum Gasteiger partial charge on any atom is 0.397 e. The molecule has 4 rings (SSSR count). The molecule has 0 aromatic rings. The molecule has 4 aliphatic carbocycles. The van der Waals surface area contributed by atoms with Crippen molar-refractivity contribution in [2.45, 2.75) is 71.2 Å². The van der Waals surface area contributed by atoms with Crippen molar-refractivity contribution in [1.29, 1.82) is 0 Å². The van der Waals surface area contributed by atoms with Crippen molar-refractivity contribution in [3.8, 4) is 0 Å². The topological polar surface area (TPSA) is 80.7 Å². The summed E-state index contributed by atoms with van der Waals surface area (Å²) in [5, 5.41) is 0. The van der Waals surface area contributed by atoms with Gasteiger partial charge in [-0.25, -0.2) is 4.18 Å². The van der Waals surface area contributed by atoms with Crippen LogP contribution in [0.25, 0.3) is 0 Å². The standard InChI is InChI=1S/C19H28O5S/c1-18-9-7-13(24-25(21,22)23)11-12(18)3-4-14-15-5-6-17(20)19(15,2)10-8-16(14)18/h3,13-16H,4-11H2,1-2H3,(H,21,22,23)/t13-,14-,15-,16-,18-,19-/m0/s1/i7D2,11D2,13D. The number of rotatable bonds is 2. The molecule has 0 radical (unpaired) electrons. The van der Waals surface area contributed by atoms with Gasteiger partial charge in [0.25, 0.3) is 0 Å². The lowest BCUT2D eigenvalue weighted by atomic mass is 9.48. The van der Waals surface area contributed by atoms with Crippen LogP contribution in [0.15, 0.2) is 11.6 Å². The van der Waals surface area contributed by atoms with E-state index in [0.29, 0.717) is 25.7 Å². The minimum absolute atomic E-state index is 0.0816. The molecule has 0 bridgehead atoms. The molecule has 5 nitrogen and oxygen atoms in total. The van der Waals surface area contributed by atoms with Gasteiger partial charge in [0.2, 0.25) is 0 Å². The Morgan fingerprint density at radius 3 is 2.72 bits per heavy atom. The van der Waals surface area contributed by atoms with Crippen molar-refractivity contribution in [2.24, 2.45) is 28.6 Å². The first-order chi connectivity index (χ1) is 13.5. The van der Waals surface area contributed by atoms with E-state index in [2.05, 4.69) is 4.18 Å². The molecule has 0 unspecified atom stereocenters. The third-order valence-corrected chi connectivity index (χ3v) is 7.60. The van der Waals surface area contributed by atoms with Gasteiger partial charge < -0.3 is 0 Å². The molecule has 0 aliphatic heterocycles. The van der Waals surface area contributed by atoms with Crippen molar-refractivity contribution >= 4 is 16.2 Å². The maximum absolute atomic E-state index is 12.5. The van der Waals surface area contributed by atoms with E-state index in [1.54, 1.807) is 13.0 Å². The highest BCUT2D eigenvalue weighted by Crippen LogP contribution is 2.64. The largest absolute Gasteiger partial charge is 0.397 e. The van der Waals surface area contributed by atoms with E-state index in [9.17, 15) is 13.2 Å². The summed E-state index contributed by atoms with van der Waals surface area (Å²) < 4.78 is 78.8. The maximum atomic E-state index is 12.5. The van der Waals surface area contributed by atoms with Crippen LogP contribution in [0.4, 0.5) is 0 Å². The Morgan fingerprint density at radius 2 is 2.00 bits per heavy atom. The first-order valence-electron chi connectivity index (χ1n) is 11.4. The van der Waals surface area contributed by atoms with Crippen LogP contribution >= 0.6 is 0 Å². The molecule has 140 valence electrons. The minimum atomic E-state index is -5.26. The van der Waals surface area contributed by atoms with Crippen molar-refractivity contribution in [2.75, 3.05) is 0 Å². The molecule has 0 aromatic carbocycles. The Balaban J connectivity index is 1.81. The first kappa shape index (κ1) is 12.6.